The average molecular weight is 349 g/mol. The third kappa shape index (κ3) is 3.57. The van der Waals surface area contributed by atoms with Crippen LogP contribution in [-0.2, 0) is 0 Å². The minimum Gasteiger partial charge on any atom is -0.391 e. The Hall–Kier alpha value is -1.99. The van der Waals surface area contributed by atoms with Gasteiger partial charge in [0.1, 0.15) is 10.8 Å². The molecule has 24 heavy (non-hydrogen) atoms. The zero-order chi connectivity index (χ0) is 17.1. The monoisotopic (exact) mass is 349 g/mol. The third-order valence-electron chi connectivity index (χ3n) is 4.23. The van der Waals surface area contributed by atoms with Gasteiger partial charge in [-0.05, 0) is 30.5 Å². The summed E-state index contributed by atoms with van der Waals surface area (Å²) in [4.78, 5) is 18.5. The molecule has 1 aliphatic rings. The van der Waals surface area contributed by atoms with E-state index < -0.39 is 6.10 Å². The Morgan fingerprint density at radius 3 is 3.08 bits per heavy atom. The number of aromatic nitrogens is 1. The number of halogens is 1. The van der Waals surface area contributed by atoms with E-state index in [2.05, 4.69) is 10.3 Å². The number of benzene rings is 1. The number of nitrogens with one attached hydrogen (secondary N) is 1. The molecule has 0 radical (unpaired) electrons. The Bertz CT molecular complexity index is 695. The Balaban J connectivity index is 1.77. The predicted octanol–water partition coefficient (Wildman–Crippen LogP) is 3.25. The van der Waals surface area contributed by atoms with Crippen LogP contribution in [0.4, 0.5) is 9.18 Å². The van der Waals surface area contributed by atoms with Gasteiger partial charge in [-0.1, -0.05) is 19.1 Å². The van der Waals surface area contributed by atoms with E-state index >= 15 is 0 Å². The minimum absolute atomic E-state index is 0.164. The molecule has 7 heteroatoms. The first-order valence-electron chi connectivity index (χ1n) is 7.98. The van der Waals surface area contributed by atoms with E-state index in [0.29, 0.717) is 12.0 Å². The molecular weight excluding hydrogens is 329 g/mol. The molecule has 2 amide bonds. The highest BCUT2D eigenvalue weighted by molar-refractivity contribution is 7.09. The van der Waals surface area contributed by atoms with Gasteiger partial charge in [0.2, 0.25) is 0 Å². The Labute approximate surface area is 144 Å². The van der Waals surface area contributed by atoms with E-state index in [4.69, 9.17) is 0 Å². The van der Waals surface area contributed by atoms with Crippen molar-refractivity contribution >= 4 is 17.4 Å². The van der Waals surface area contributed by atoms with E-state index in [9.17, 15) is 14.3 Å². The van der Waals surface area contributed by atoms with Crippen molar-refractivity contribution in [2.24, 2.45) is 0 Å². The second kappa shape index (κ2) is 7.27. The number of hydrogen-bond acceptors (Lipinski definition) is 4. The fourth-order valence-corrected chi connectivity index (χ4v) is 3.82. The molecule has 1 fully saturated rings. The van der Waals surface area contributed by atoms with Crippen LogP contribution < -0.4 is 5.32 Å². The molecule has 0 unspecified atom stereocenters. The first kappa shape index (κ1) is 16.9. The second-order valence-corrected chi connectivity index (χ2v) is 6.82. The van der Waals surface area contributed by atoms with E-state index in [-0.39, 0.29) is 30.5 Å². The normalized spacial score (nSPS) is 21.7. The number of likely N-dealkylation sites (tertiary alicyclic amines) is 1. The molecule has 0 aliphatic carbocycles. The fraction of sp³-hybridized carbons (Fsp3) is 0.412. The number of carbonyl (C=O) groups excluding carboxylic acids is 1. The summed E-state index contributed by atoms with van der Waals surface area (Å²) in [7, 11) is 0. The molecule has 128 valence electrons. The highest BCUT2D eigenvalue weighted by Gasteiger charge is 2.36. The zero-order valence-corrected chi connectivity index (χ0v) is 14.2. The quantitative estimate of drug-likeness (QED) is 0.890. The van der Waals surface area contributed by atoms with Crippen molar-refractivity contribution in [3.8, 4) is 0 Å². The Morgan fingerprint density at radius 2 is 2.42 bits per heavy atom. The average Bonchev–Trinajstić information content (AvgIpc) is 3.22. The van der Waals surface area contributed by atoms with Crippen molar-refractivity contribution < 1.29 is 14.3 Å². The molecule has 5 nitrogen and oxygen atoms in total. The van der Waals surface area contributed by atoms with Crippen LogP contribution in [0.1, 0.15) is 42.4 Å². The van der Waals surface area contributed by atoms with E-state index in [1.54, 1.807) is 23.2 Å². The number of nitrogens with zero attached hydrogens (tertiary/aromatic N) is 2. The lowest BCUT2D eigenvalue weighted by molar-refractivity contribution is 0.167. The molecule has 0 saturated carbocycles. The number of amides is 2. The maximum Gasteiger partial charge on any atom is 0.318 e. The Morgan fingerprint density at radius 1 is 1.58 bits per heavy atom. The maximum absolute atomic E-state index is 13.5. The molecule has 1 aliphatic heterocycles. The minimum atomic E-state index is -0.607. The zero-order valence-electron chi connectivity index (χ0n) is 13.4. The standard InChI is InChI=1S/C17H20FN3O2S/c1-2-14(16-19-6-7-24-16)20-17(23)21-10-13(22)9-15(21)11-4-3-5-12(18)8-11/h3-8,13-15,22H,2,9-10H2,1H3,(H,20,23)/t13-,14-,15+/m0/s1. The largest absolute Gasteiger partial charge is 0.391 e. The van der Waals surface area contributed by atoms with Gasteiger partial charge >= 0.3 is 6.03 Å². The summed E-state index contributed by atoms with van der Waals surface area (Å²) in [5.41, 5.74) is 0.698. The highest BCUT2D eigenvalue weighted by atomic mass is 32.1. The molecule has 0 bridgehead atoms. The van der Waals surface area contributed by atoms with Gasteiger partial charge in [-0.3, -0.25) is 0 Å². The third-order valence-corrected chi connectivity index (χ3v) is 5.12. The molecule has 2 heterocycles. The Kier molecular flexibility index (Phi) is 5.11. The molecule has 1 aromatic heterocycles. The smallest absolute Gasteiger partial charge is 0.318 e. The van der Waals surface area contributed by atoms with Crippen LogP contribution in [0.15, 0.2) is 35.8 Å². The lowest BCUT2D eigenvalue weighted by Gasteiger charge is -2.27. The van der Waals surface area contributed by atoms with Crippen molar-refractivity contribution in [3.63, 3.8) is 0 Å². The molecule has 3 atom stereocenters. The van der Waals surface area contributed by atoms with E-state index in [1.165, 1.54) is 23.5 Å². The summed E-state index contributed by atoms with van der Waals surface area (Å²) < 4.78 is 13.5. The van der Waals surface area contributed by atoms with Gasteiger partial charge in [0.15, 0.2) is 0 Å². The second-order valence-electron chi connectivity index (χ2n) is 5.89. The van der Waals surface area contributed by atoms with Gasteiger partial charge in [-0.25, -0.2) is 14.2 Å². The van der Waals surface area contributed by atoms with Crippen LogP contribution in [0.25, 0.3) is 0 Å². The first-order chi connectivity index (χ1) is 11.6. The highest BCUT2D eigenvalue weighted by Crippen LogP contribution is 2.33. The van der Waals surface area contributed by atoms with Gasteiger partial charge in [0.05, 0.1) is 18.2 Å². The molecule has 0 spiro atoms. The summed E-state index contributed by atoms with van der Waals surface area (Å²) >= 11 is 1.50. The van der Waals surface area contributed by atoms with E-state index in [1.807, 2.05) is 12.3 Å². The van der Waals surface area contributed by atoms with Crippen LogP contribution >= 0.6 is 11.3 Å². The summed E-state index contributed by atoms with van der Waals surface area (Å²) in [6, 6.07) is 5.44. The maximum atomic E-state index is 13.5. The first-order valence-corrected chi connectivity index (χ1v) is 8.86. The van der Waals surface area contributed by atoms with Gasteiger partial charge in [-0.15, -0.1) is 11.3 Å². The molecule has 1 aromatic carbocycles. The number of aliphatic hydroxyl groups excluding tert-OH is 1. The van der Waals surface area contributed by atoms with Crippen molar-refractivity contribution in [2.75, 3.05) is 6.54 Å². The van der Waals surface area contributed by atoms with Gasteiger partial charge in [0.25, 0.3) is 0 Å². The number of carbonyl (C=O) groups is 1. The number of urea groups is 1. The number of rotatable bonds is 4. The van der Waals surface area contributed by atoms with Gasteiger partial charge in [0, 0.05) is 18.1 Å². The number of thiazole rings is 1. The lowest BCUT2D eigenvalue weighted by Crippen LogP contribution is -2.41. The molecule has 3 rings (SSSR count). The van der Waals surface area contributed by atoms with Crippen LogP contribution in [0.3, 0.4) is 0 Å². The van der Waals surface area contributed by atoms with Gasteiger partial charge < -0.3 is 15.3 Å². The summed E-state index contributed by atoms with van der Waals surface area (Å²) in [5.74, 6) is -0.344. The summed E-state index contributed by atoms with van der Waals surface area (Å²) in [6.45, 7) is 2.22. The number of aliphatic hydroxyl groups is 1. The van der Waals surface area contributed by atoms with Crippen LogP contribution in [0.2, 0.25) is 0 Å². The number of hydrogen-bond donors (Lipinski definition) is 2. The van der Waals surface area contributed by atoms with Crippen molar-refractivity contribution in [1.82, 2.24) is 15.2 Å². The van der Waals surface area contributed by atoms with Crippen LogP contribution in [0.5, 0.6) is 0 Å². The predicted molar refractivity (Wildman–Crippen MR) is 90.1 cm³/mol. The van der Waals surface area contributed by atoms with Gasteiger partial charge in [-0.2, -0.15) is 0 Å². The summed E-state index contributed by atoms with van der Waals surface area (Å²) in [5, 5.41) is 15.7. The molecular formula is C17H20FN3O2S. The topological polar surface area (TPSA) is 65.5 Å². The SMILES string of the molecule is CC[C@H](NC(=O)N1C[C@@H](O)C[C@@H]1c1cccc(F)c1)c1nccs1. The van der Waals surface area contributed by atoms with Crippen LogP contribution in [-0.4, -0.2) is 33.7 Å². The fourth-order valence-electron chi connectivity index (χ4n) is 3.05. The van der Waals surface area contributed by atoms with Crippen molar-refractivity contribution in [3.05, 3.63) is 52.2 Å². The van der Waals surface area contributed by atoms with Crippen molar-refractivity contribution in [2.45, 2.75) is 38.0 Å². The molecule has 2 N–H and O–H groups in total. The van der Waals surface area contributed by atoms with Crippen molar-refractivity contribution in [1.29, 1.82) is 0 Å². The van der Waals surface area contributed by atoms with Crippen LogP contribution in [0, 0.1) is 5.82 Å². The number of β-amino-alcohol motifs (C(OH)–C–C–N with tert-alkyl or cyclic N) is 1. The van der Waals surface area contributed by atoms with E-state index in [0.717, 1.165) is 11.4 Å². The molecule has 2 aromatic rings. The molecule has 1 saturated heterocycles. The lowest BCUT2D eigenvalue weighted by atomic mass is 10.0. The summed E-state index contributed by atoms with van der Waals surface area (Å²) in [6.07, 6.45) is 2.23.